The van der Waals surface area contributed by atoms with E-state index < -0.39 is 6.04 Å². The molecule has 2 aliphatic rings. The van der Waals surface area contributed by atoms with E-state index in [0.717, 1.165) is 39.0 Å². The number of hydrogen-bond acceptors (Lipinski definition) is 5. The molecular weight excluding hydrogens is 394 g/mol. The van der Waals surface area contributed by atoms with Crippen LogP contribution in [0.1, 0.15) is 24.1 Å². The Hall–Kier alpha value is -1.73. The van der Waals surface area contributed by atoms with Gasteiger partial charge in [0.1, 0.15) is 0 Å². The Morgan fingerprint density at radius 2 is 1.86 bits per heavy atom. The molecule has 3 heterocycles. The van der Waals surface area contributed by atoms with Gasteiger partial charge < -0.3 is 5.32 Å². The number of benzene rings is 1. The predicted octanol–water partition coefficient (Wildman–Crippen LogP) is 3.54. The third-order valence-corrected chi connectivity index (χ3v) is 6.66. The van der Waals surface area contributed by atoms with Crippen molar-refractivity contribution in [3.05, 3.63) is 51.7 Å². The van der Waals surface area contributed by atoms with Crippen LogP contribution in [0.3, 0.4) is 0 Å². The molecule has 28 heavy (non-hydrogen) atoms. The zero-order valence-corrected chi connectivity index (χ0v) is 17.2. The van der Waals surface area contributed by atoms with Crippen LogP contribution >= 0.6 is 22.9 Å². The Kier molecular flexibility index (Phi) is 6.11. The number of halogens is 1. The largest absolute Gasteiger partial charge is 0.305 e. The maximum atomic E-state index is 12.7. The number of rotatable bonds is 6. The minimum absolute atomic E-state index is 0.157. The fourth-order valence-corrected chi connectivity index (χ4v) is 4.81. The van der Waals surface area contributed by atoms with Gasteiger partial charge in [-0.2, -0.15) is 0 Å². The second-order valence-corrected chi connectivity index (χ2v) is 8.98. The number of imide groups is 1. The number of amides is 2. The highest BCUT2D eigenvalue weighted by Crippen LogP contribution is 2.25. The van der Waals surface area contributed by atoms with Crippen LogP contribution in [0.5, 0.6) is 0 Å². The number of nitrogens with one attached hydrogen (secondary N) is 1. The Balaban J connectivity index is 1.26. The zero-order chi connectivity index (χ0) is 19.5. The minimum Gasteiger partial charge on any atom is -0.305 e. The van der Waals surface area contributed by atoms with Gasteiger partial charge in [-0.25, -0.2) is 4.90 Å². The third kappa shape index (κ3) is 4.46. The summed E-state index contributed by atoms with van der Waals surface area (Å²) >= 11 is 7.71. The molecule has 2 fully saturated rings. The number of carbonyl (C=O) groups is 2. The first-order valence-corrected chi connectivity index (χ1v) is 11.0. The minimum atomic E-state index is -0.424. The summed E-state index contributed by atoms with van der Waals surface area (Å²) in [6.45, 7) is 3.98. The SMILES string of the molecule is O=C1C[C@H](NCC2CCN(Cc3cccs3)CC2)C(=O)N1c1ccc(Cl)cc1. The first kappa shape index (κ1) is 19.6. The lowest BCUT2D eigenvalue weighted by atomic mass is 9.96. The third-order valence-electron chi connectivity index (χ3n) is 5.55. The van der Waals surface area contributed by atoms with Crippen molar-refractivity contribution in [2.75, 3.05) is 24.5 Å². The molecule has 5 nitrogen and oxygen atoms in total. The molecule has 0 aliphatic carbocycles. The summed E-state index contributed by atoms with van der Waals surface area (Å²) in [7, 11) is 0. The summed E-state index contributed by atoms with van der Waals surface area (Å²) in [5.41, 5.74) is 0.589. The number of piperidine rings is 1. The number of carbonyl (C=O) groups excluding carboxylic acids is 2. The summed E-state index contributed by atoms with van der Waals surface area (Å²) in [6, 6.07) is 10.7. The second kappa shape index (κ2) is 8.74. The van der Waals surface area contributed by atoms with Crippen molar-refractivity contribution in [2.45, 2.75) is 31.8 Å². The van der Waals surface area contributed by atoms with Gasteiger partial charge in [0.25, 0.3) is 5.91 Å². The van der Waals surface area contributed by atoms with Crippen molar-refractivity contribution in [3.63, 3.8) is 0 Å². The van der Waals surface area contributed by atoms with E-state index in [9.17, 15) is 9.59 Å². The first-order chi connectivity index (χ1) is 13.6. The molecular formula is C21H24ClN3O2S. The maximum absolute atomic E-state index is 12.7. The van der Waals surface area contributed by atoms with Gasteiger partial charge in [-0.05, 0) is 74.1 Å². The van der Waals surface area contributed by atoms with Gasteiger partial charge in [0.15, 0.2) is 0 Å². The molecule has 0 saturated carbocycles. The summed E-state index contributed by atoms with van der Waals surface area (Å²) in [5.74, 6) is 0.227. The number of thiophene rings is 1. The lowest BCUT2D eigenvalue weighted by Gasteiger charge is -2.32. The Morgan fingerprint density at radius 1 is 1.11 bits per heavy atom. The lowest BCUT2D eigenvalue weighted by Crippen LogP contribution is -2.43. The van der Waals surface area contributed by atoms with Gasteiger partial charge in [0.05, 0.1) is 18.2 Å². The quantitative estimate of drug-likeness (QED) is 0.730. The number of nitrogens with zero attached hydrogens (tertiary/aromatic N) is 2. The summed E-state index contributed by atoms with van der Waals surface area (Å²) in [4.78, 5) is 30.2. The van der Waals surface area contributed by atoms with Gasteiger partial charge in [0.2, 0.25) is 5.91 Å². The molecule has 0 unspecified atom stereocenters. The molecule has 2 aromatic rings. The van der Waals surface area contributed by atoms with Crippen LogP contribution in [-0.4, -0.2) is 42.4 Å². The van der Waals surface area contributed by atoms with Crippen LogP contribution in [0.2, 0.25) is 5.02 Å². The summed E-state index contributed by atoms with van der Waals surface area (Å²) in [5, 5.41) is 6.06. The van der Waals surface area contributed by atoms with E-state index >= 15 is 0 Å². The van der Waals surface area contributed by atoms with Gasteiger partial charge in [-0.15, -0.1) is 11.3 Å². The van der Waals surface area contributed by atoms with Crippen molar-refractivity contribution in [1.29, 1.82) is 0 Å². The second-order valence-electron chi connectivity index (χ2n) is 7.51. The van der Waals surface area contributed by atoms with E-state index in [0.29, 0.717) is 16.6 Å². The molecule has 7 heteroatoms. The van der Waals surface area contributed by atoms with Crippen LogP contribution < -0.4 is 10.2 Å². The molecule has 4 rings (SSSR count). The van der Waals surface area contributed by atoms with E-state index in [4.69, 9.17) is 11.6 Å². The monoisotopic (exact) mass is 417 g/mol. The van der Waals surface area contributed by atoms with Crippen LogP contribution in [0.25, 0.3) is 0 Å². The molecule has 2 saturated heterocycles. The van der Waals surface area contributed by atoms with E-state index in [1.807, 2.05) is 11.3 Å². The van der Waals surface area contributed by atoms with Crippen molar-refractivity contribution < 1.29 is 9.59 Å². The number of hydrogen-bond donors (Lipinski definition) is 1. The highest BCUT2D eigenvalue weighted by molar-refractivity contribution is 7.09. The molecule has 2 amide bonds. The van der Waals surface area contributed by atoms with E-state index in [1.165, 1.54) is 9.78 Å². The Labute approximate surface area is 174 Å². The molecule has 2 aliphatic heterocycles. The number of anilines is 1. The van der Waals surface area contributed by atoms with Crippen LogP contribution in [0.15, 0.2) is 41.8 Å². The molecule has 148 valence electrons. The highest BCUT2D eigenvalue weighted by atomic mass is 35.5. The molecule has 1 N–H and O–H groups in total. The molecule has 1 aromatic heterocycles. The van der Waals surface area contributed by atoms with Crippen molar-refractivity contribution in [1.82, 2.24) is 10.2 Å². The van der Waals surface area contributed by atoms with Crippen LogP contribution in [-0.2, 0) is 16.1 Å². The van der Waals surface area contributed by atoms with E-state index in [2.05, 4.69) is 27.7 Å². The summed E-state index contributed by atoms with van der Waals surface area (Å²) < 4.78 is 0. The van der Waals surface area contributed by atoms with Crippen LogP contribution in [0, 0.1) is 5.92 Å². The predicted molar refractivity (Wildman–Crippen MR) is 113 cm³/mol. The van der Waals surface area contributed by atoms with Gasteiger partial charge in [0, 0.05) is 16.4 Å². The van der Waals surface area contributed by atoms with Crippen molar-refractivity contribution in [3.8, 4) is 0 Å². The average Bonchev–Trinajstić information content (AvgIpc) is 3.30. The van der Waals surface area contributed by atoms with Gasteiger partial charge in [-0.1, -0.05) is 17.7 Å². The molecule has 0 radical (unpaired) electrons. The average molecular weight is 418 g/mol. The maximum Gasteiger partial charge on any atom is 0.251 e. The Morgan fingerprint density at radius 3 is 2.54 bits per heavy atom. The fraction of sp³-hybridized carbons (Fsp3) is 0.429. The normalized spacial score (nSPS) is 21.6. The zero-order valence-electron chi connectivity index (χ0n) is 15.6. The van der Waals surface area contributed by atoms with Crippen LogP contribution in [0.4, 0.5) is 5.69 Å². The van der Waals surface area contributed by atoms with E-state index in [-0.39, 0.29) is 18.2 Å². The first-order valence-electron chi connectivity index (χ1n) is 9.70. The Bertz CT molecular complexity index is 817. The molecule has 0 spiro atoms. The van der Waals surface area contributed by atoms with E-state index in [1.54, 1.807) is 24.3 Å². The molecule has 0 bridgehead atoms. The lowest BCUT2D eigenvalue weighted by molar-refractivity contribution is -0.121. The summed E-state index contributed by atoms with van der Waals surface area (Å²) in [6.07, 6.45) is 2.46. The fourth-order valence-electron chi connectivity index (χ4n) is 3.93. The number of likely N-dealkylation sites (tertiary alicyclic amines) is 1. The topological polar surface area (TPSA) is 52.7 Å². The van der Waals surface area contributed by atoms with Gasteiger partial charge >= 0.3 is 0 Å². The molecule has 1 atom stereocenters. The standard InChI is InChI=1S/C21H24ClN3O2S/c22-16-3-5-17(6-4-16)25-20(26)12-19(21(25)27)23-13-15-7-9-24(10-8-15)14-18-2-1-11-28-18/h1-6,11,15,19,23H,7-10,12-14H2/t19-/m0/s1. The smallest absolute Gasteiger partial charge is 0.251 e. The molecule has 1 aromatic carbocycles. The van der Waals surface area contributed by atoms with Crippen molar-refractivity contribution >= 4 is 40.4 Å². The van der Waals surface area contributed by atoms with Crippen molar-refractivity contribution in [2.24, 2.45) is 5.92 Å². The van der Waals surface area contributed by atoms with Gasteiger partial charge in [-0.3, -0.25) is 14.5 Å². The highest BCUT2D eigenvalue weighted by Gasteiger charge is 2.39.